The van der Waals surface area contributed by atoms with Gasteiger partial charge < -0.3 is 19.5 Å². The molecule has 0 unspecified atom stereocenters. The number of carbonyl (C=O) groups excluding carboxylic acids is 1. The molecule has 0 saturated carbocycles. The summed E-state index contributed by atoms with van der Waals surface area (Å²) in [6.07, 6.45) is -0.621. The van der Waals surface area contributed by atoms with Gasteiger partial charge in [-0.25, -0.2) is 0 Å². The number of para-hydroxylation sites is 1. The van der Waals surface area contributed by atoms with E-state index >= 15 is 0 Å². The van der Waals surface area contributed by atoms with E-state index in [0.717, 1.165) is 16.9 Å². The molecule has 5 heteroatoms. The fraction of sp³-hybridized carbons (Fsp3) is 0.409. The highest BCUT2D eigenvalue weighted by atomic mass is 16.5. The van der Waals surface area contributed by atoms with Crippen LogP contribution in [0.2, 0.25) is 0 Å². The largest absolute Gasteiger partial charge is 0.497 e. The average molecular weight is 371 g/mol. The molecule has 0 aliphatic heterocycles. The Bertz CT molecular complexity index is 773. The van der Waals surface area contributed by atoms with Crippen LogP contribution in [0, 0.1) is 0 Å². The van der Waals surface area contributed by atoms with Crippen LogP contribution in [0.3, 0.4) is 0 Å². The molecule has 0 aliphatic carbocycles. The number of carbonyl (C=O) groups is 1. The average Bonchev–Trinajstić information content (AvgIpc) is 2.67. The lowest BCUT2D eigenvalue weighted by atomic mass is 10.0. The Morgan fingerprint density at radius 2 is 1.59 bits per heavy atom. The van der Waals surface area contributed by atoms with E-state index in [1.54, 1.807) is 21.1 Å². The minimum Gasteiger partial charge on any atom is -0.497 e. The summed E-state index contributed by atoms with van der Waals surface area (Å²) in [5.74, 6) is 2.27. The zero-order valence-electron chi connectivity index (χ0n) is 16.9. The topological polar surface area (TPSA) is 56.8 Å². The summed E-state index contributed by atoms with van der Waals surface area (Å²) >= 11 is 0. The summed E-state index contributed by atoms with van der Waals surface area (Å²) in [7, 11) is 3.21. The van der Waals surface area contributed by atoms with Crippen molar-refractivity contribution in [2.75, 3.05) is 14.2 Å². The molecular formula is C22H29NO4. The Morgan fingerprint density at radius 3 is 2.22 bits per heavy atom. The standard InChI is InChI=1S/C22H29NO4/c1-14(2)18-9-7-8-10-21(18)27-16(4)22(24)23-15(3)19-13-17(25-5)11-12-20(19)26-6/h7-16H,1-6H3,(H,23,24)/t15-,16-/m1/s1. The Balaban J connectivity index is 2.10. The first-order valence-electron chi connectivity index (χ1n) is 9.15. The van der Waals surface area contributed by atoms with Gasteiger partial charge in [0.05, 0.1) is 20.3 Å². The highest BCUT2D eigenvalue weighted by Gasteiger charge is 2.21. The second-order valence-corrected chi connectivity index (χ2v) is 6.79. The van der Waals surface area contributed by atoms with Crippen molar-refractivity contribution in [2.45, 2.75) is 45.8 Å². The number of rotatable bonds is 8. The number of amides is 1. The van der Waals surface area contributed by atoms with Crippen LogP contribution in [0.5, 0.6) is 17.2 Å². The highest BCUT2D eigenvalue weighted by Crippen LogP contribution is 2.30. The minimum atomic E-state index is -0.621. The quantitative estimate of drug-likeness (QED) is 0.744. The lowest BCUT2D eigenvalue weighted by Crippen LogP contribution is -2.38. The molecule has 0 radical (unpaired) electrons. The van der Waals surface area contributed by atoms with Crippen molar-refractivity contribution in [2.24, 2.45) is 0 Å². The van der Waals surface area contributed by atoms with E-state index in [9.17, 15) is 4.79 Å². The molecule has 2 aromatic carbocycles. The second kappa shape index (κ2) is 9.31. The van der Waals surface area contributed by atoms with Crippen LogP contribution >= 0.6 is 0 Å². The van der Waals surface area contributed by atoms with Crippen LogP contribution in [0.15, 0.2) is 42.5 Å². The van der Waals surface area contributed by atoms with Gasteiger partial charge in [-0.05, 0) is 49.6 Å². The number of hydrogen-bond acceptors (Lipinski definition) is 4. The molecule has 1 amide bonds. The first kappa shape index (κ1) is 20.6. The molecular weight excluding hydrogens is 342 g/mol. The molecule has 0 aliphatic rings. The fourth-order valence-electron chi connectivity index (χ4n) is 2.90. The van der Waals surface area contributed by atoms with E-state index < -0.39 is 6.10 Å². The predicted octanol–water partition coefficient (Wildman–Crippen LogP) is 4.47. The molecule has 2 rings (SSSR count). The van der Waals surface area contributed by atoms with E-state index in [4.69, 9.17) is 14.2 Å². The number of nitrogens with one attached hydrogen (secondary N) is 1. The Hall–Kier alpha value is -2.69. The van der Waals surface area contributed by atoms with Crippen molar-refractivity contribution >= 4 is 5.91 Å². The van der Waals surface area contributed by atoms with Gasteiger partial charge in [0.2, 0.25) is 0 Å². The van der Waals surface area contributed by atoms with Gasteiger partial charge in [-0.1, -0.05) is 32.0 Å². The van der Waals surface area contributed by atoms with Crippen LogP contribution in [-0.4, -0.2) is 26.2 Å². The van der Waals surface area contributed by atoms with E-state index in [0.29, 0.717) is 17.4 Å². The van der Waals surface area contributed by atoms with Gasteiger partial charge in [-0.2, -0.15) is 0 Å². The van der Waals surface area contributed by atoms with Crippen molar-refractivity contribution in [3.63, 3.8) is 0 Å². The van der Waals surface area contributed by atoms with Crippen LogP contribution < -0.4 is 19.5 Å². The highest BCUT2D eigenvalue weighted by molar-refractivity contribution is 5.81. The normalized spacial score (nSPS) is 13.0. The maximum Gasteiger partial charge on any atom is 0.261 e. The molecule has 2 aromatic rings. The van der Waals surface area contributed by atoms with E-state index in [1.807, 2.05) is 49.4 Å². The molecule has 27 heavy (non-hydrogen) atoms. The molecule has 146 valence electrons. The van der Waals surface area contributed by atoms with Gasteiger partial charge in [-0.15, -0.1) is 0 Å². The molecule has 0 aromatic heterocycles. The summed E-state index contributed by atoms with van der Waals surface area (Å²) in [5.41, 5.74) is 1.93. The van der Waals surface area contributed by atoms with Crippen LogP contribution in [0.25, 0.3) is 0 Å². The summed E-state index contributed by atoms with van der Waals surface area (Å²) in [6, 6.07) is 13.1. The zero-order chi connectivity index (χ0) is 20.0. The first-order chi connectivity index (χ1) is 12.9. The van der Waals surface area contributed by atoms with Gasteiger partial charge in [0.15, 0.2) is 6.10 Å². The molecule has 0 spiro atoms. The third-order valence-electron chi connectivity index (χ3n) is 4.48. The number of ether oxygens (including phenoxy) is 3. The molecule has 0 bridgehead atoms. The van der Waals surface area contributed by atoms with Crippen molar-refractivity contribution in [3.05, 3.63) is 53.6 Å². The predicted molar refractivity (Wildman–Crippen MR) is 107 cm³/mol. The van der Waals surface area contributed by atoms with Crippen LogP contribution in [0.1, 0.15) is 50.8 Å². The molecule has 2 atom stereocenters. The van der Waals surface area contributed by atoms with Gasteiger partial charge in [0, 0.05) is 5.56 Å². The molecule has 0 fully saturated rings. The third-order valence-corrected chi connectivity index (χ3v) is 4.48. The zero-order valence-corrected chi connectivity index (χ0v) is 16.9. The van der Waals surface area contributed by atoms with Crippen LogP contribution in [-0.2, 0) is 4.79 Å². The van der Waals surface area contributed by atoms with E-state index in [-0.39, 0.29) is 11.9 Å². The second-order valence-electron chi connectivity index (χ2n) is 6.79. The Morgan fingerprint density at radius 1 is 0.889 bits per heavy atom. The maximum atomic E-state index is 12.7. The summed E-state index contributed by atoms with van der Waals surface area (Å²) in [4.78, 5) is 12.7. The number of methoxy groups -OCH3 is 2. The van der Waals surface area contributed by atoms with Crippen molar-refractivity contribution in [1.29, 1.82) is 0 Å². The van der Waals surface area contributed by atoms with Gasteiger partial charge in [0.1, 0.15) is 17.2 Å². The van der Waals surface area contributed by atoms with Gasteiger partial charge in [0.25, 0.3) is 5.91 Å². The smallest absolute Gasteiger partial charge is 0.261 e. The minimum absolute atomic E-state index is 0.189. The SMILES string of the molecule is COc1ccc(OC)c([C@@H](C)NC(=O)[C@@H](C)Oc2ccccc2C(C)C)c1. The van der Waals surface area contributed by atoms with Crippen molar-refractivity contribution in [3.8, 4) is 17.2 Å². The maximum absolute atomic E-state index is 12.7. The number of hydrogen-bond donors (Lipinski definition) is 1. The summed E-state index contributed by atoms with van der Waals surface area (Å²) in [5, 5.41) is 2.99. The summed E-state index contributed by atoms with van der Waals surface area (Å²) < 4.78 is 16.6. The van der Waals surface area contributed by atoms with Crippen molar-refractivity contribution < 1.29 is 19.0 Å². The van der Waals surface area contributed by atoms with Crippen molar-refractivity contribution in [1.82, 2.24) is 5.32 Å². The lowest BCUT2D eigenvalue weighted by molar-refractivity contribution is -0.127. The molecule has 0 saturated heterocycles. The first-order valence-corrected chi connectivity index (χ1v) is 9.15. The molecule has 5 nitrogen and oxygen atoms in total. The lowest BCUT2D eigenvalue weighted by Gasteiger charge is -2.22. The number of benzene rings is 2. The molecule has 0 heterocycles. The van der Waals surface area contributed by atoms with Gasteiger partial charge in [-0.3, -0.25) is 4.79 Å². The fourth-order valence-corrected chi connectivity index (χ4v) is 2.90. The molecule has 1 N–H and O–H groups in total. The summed E-state index contributed by atoms with van der Waals surface area (Å²) in [6.45, 7) is 7.86. The Kier molecular flexibility index (Phi) is 7.11. The van der Waals surface area contributed by atoms with Crippen LogP contribution in [0.4, 0.5) is 0 Å². The van der Waals surface area contributed by atoms with E-state index in [1.165, 1.54) is 0 Å². The monoisotopic (exact) mass is 371 g/mol. The Labute approximate surface area is 161 Å². The van der Waals surface area contributed by atoms with E-state index in [2.05, 4.69) is 19.2 Å². The van der Waals surface area contributed by atoms with Gasteiger partial charge >= 0.3 is 0 Å². The third kappa shape index (κ3) is 5.16.